The molecule has 1 heterocycles. The van der Waals surface area contributed by atoms with Crippen molar-refractivity contribution in [3.05, 3.63) is 83.9 Å². The monoisotopic (exact) mass is 455 g/mol. The van der Waals surface area contributed by atoms with Crippen LogP contribution < -0.4 is 9.47 Å². The van der Waals surface area contributed by atoms with Crippen molar-refractivity contribution >= 4 is 21.5 Å². The molecule has 1 aliphatic rings. The van der Waals surface area contributed by atoms with Crippen LogP contribution in [0.3, 0.4) is 0 Å². The van der Waals surface area contributed by atoms with Crippen LogP contribution >= 0.6 is 0 Å². The van der Waals surface area contributed by atoms with Crippen LogP contribution in [0, 0.1) is 5.92 Å². The molecule has 1 unspecified atom stereocenters. The smallest absolute Gasteiger partial charge is 0.189 e. The normalized spacial score (nSPS) is 16.4. The number of hydrogen-bond acceptors (Lipinski definition) is 4. The summed E-state index contributed by atoms with van der Waals surface area (Å²) in [6, 6.07) is 25.6. The van der Waals surface area contributed by atoms with Gasteiger partial charge < -0.3 is 19.1 Å². The minimum Gasteiger partial charge on any atom is -0.493 e. The van der Waals surface area contributed by atoms with Crippen LogP contribution in [-0.2, 0) is 11.2 Å². The lowest BCUT2D eigenvalue weighted by molar-refractivity contribution is 0.0220. The Balaban J connectivity index is 1.55. The summed E-state index contributed by atoms with van der Waals surface area (Å²) in [7, 11) is 2.19. The van der Waals surface area contributed by atoms with E-state index < -0.39 is 0 Å². The summed E-state index contributed by atoms with van der Waals surface area (Å²) in [6.45, 7) is 5.85. The van der Waals surface area contributed by atoms with Gasteiger partial charge in [0.25, 0.3) is 0 Å². The molecule has 1 fully saturated rings. The number of fused-ring (bicyclic) bond motifs is 2. The highest BCUT2D eigenvalue weighted by molar-refractivity contribution is 5.91. The van der Waals surface area contributed by atoms with Crippen molar-refractivity contribution in [1.29, 1.82) is 0 Å². The molecule has 4 nitrogen and oxygen atoms in total. The number of benzene rings is 4. The molecule has 0 saturated carbocycles. The average Bonchev–Trinajstić information content (AvgIpc) is 3.29. The largest absolute Gasteiger partial charge is 0.493 e. The van der Waals surface area contributed by atoms with Crippen molar-refractivity contribution < 1.29 is 14.2 Å². The van der Waals surface area contributed by atoms with E-state index in [-0.39, 0.29) is 6.79 Å². The first-order chi connectivity index (χ1) is 16.7. The Bertz CT molecular complexity index is 1270. The molecule has 1 atom stereocenters. The highest BCUT2D eigenvalue weighted by Crippen LogP contribution is 2.36. The van der Waals surface area contributed by atoms with Gasteiger partial charge in [-0.2, -0.15) is 0 Å². The van der Waals surface area contributed by atoms with E-state index in [0.29, 0.717) is 12.5 Å². The summed E-state index contributed by atoms with van der Waals surface area (Å²) >= 11 is 0. The van der Waals surface area contributed by atoms with Crippen molar-refractivity contribution in [3.63, 3.8) is 0 Å². The summed E-state index contributed by atoms with van der Waals surface area (Å²) in [6.07, 6.45) is 1.92. The van der Waals surface area contributed by atoms with Gasteiger partial charge in [-0.1, -0.05) is 60.7 Å². The third-order valence-corrected chi connectivity index (χ3v) is 6.81. The highest BCUT2D eigenvalue weighted by atomic mass is 16.7. The van der Waals surface area contributed by atoms with E-state index >= 15 is 0 Å². The zero-order chi connectivity index (χ0) is 23.3. The zero-order valence-electron chi connectivity index (χ0n) is 20.1. The third-order valence-electron chi connectivity index (χ3n) is 6.81. The molecule has 0 N–H and O–H groups in total. The first kappa shape index (κ1) is 22.7. The maximum Gasteiger partial charge on any atom is 0.189 e. The fraction of sp³-hybridized carbons (Fsp3) is 0.333. The number of rotatable bonds is 9. The Morgan fingerprint density at radius 1 is 0.794 bits per heavy atom. The van der Waals surface area contributed by atoms with Crippen molar-refractivity contribution in [3.8, 4) is 11.5 Å². The fourth-order valence-corrected chi connectivity index (χ4v) is 5.00. The number of ether oxygens (including phenoxy) is 3. The van der Waals surface area contributed by atoms with Gasteiger partial charge in [0.05, 0.1) is 6.61 Å². The maximum atomic E-state index is 6.51. The molecule has 4 heteroatoms. The lowest BCUT2D eigenvalue weighted by Gasteiger charge is -2.19. The van der Waals surface area contributed by atoms with Crippen molar-refractivity contribution in [2.75, 3.05) is 40.1 Å². The summed E-state index contributed by atoms with van der Waals surface area (Å²) in [5.41, 5.74) is 2.38. The van der Waals surface area contributed by atoms with Gasteiger partial charge in [-0.05, 0) is 60.6 Å². The molecule has 1 saturated heterocycles. The summed E-state index contributed by atoms with van der Waals surface area (Å²) in [5.74, 6) is 2.41. The van der Waals surface area contributed by atoms with Gasteiger partial charge >= 0.3 is 0 Å². The summed E-state index contributed by atoms with van der Waals surface area (Å²) in [4.78, 5) is 2.38. The molecule has 0 radical (unpaired) electrons. The molecular formula is C30H33NO3. The van der Waals surface area contributed by atoms with Crippen LogP contribution in [0.5, 0.6) is 11.5 Å². The predicted molar refractivity (Wildman–Crippen MR) is 139 cm³/mol. The van der Waals surface area contributed by atoms with Crippen LogP contribution in [0.1, 0.15) is 24.5 Å². The Morgan fingerprint density at radius 3 is 2.00 bits per heavy atom. The van der Waals surface area contributed by atoms with Gasteiger partial charge in [-0.15, -0.1) is 0 Å². The van der Waals surface area contributed by atoms with Crippen LogP contribution in [0.15, 0.2) is 72.8 Å². The van der Waals surface area contributed by atoms with Crippen LogP contribution in [0.4, 0.5) is 0 Å². The molecule has 176 valence electrons. The van der Waals surface area contributed by atoms with E-state index in [4.69, 9.17) is 14.2 Å². The van der Waals surface area contributed by atoms with Crippen molar-refractivity contribution in [2.24, 2.45) is 5.92 Å². The van der Waals surface area contributed by atoms with E-state index in [2.05, 4.69) is 84.7 Å². The van der Waals surface area contributed by atoms with Gasteiger partial charge in [0.2, 0.25) is 0 Å². The van der Waals surface area contributed by atoms with Crippen LogP contribution in [0.2, 0.25) is 0 Å². The van der Waals surface area contributed by atoms with E-state index in [1.54, 1.807) is 0 Å². The van der Waals surface area contributed by atoms with Crippen LogP contribution in [0.25, 0.3) is 21.5 Å². The van der Waals surface area contributed by atoms with Gasteiger partial charge in [-0.25, -0.2) is 0 Å². The van der Waals surface area contributed by atoms with Gasteiger partial charge in [0, 0.05) is 36.6 Å². The molecular weight excluding hydrogens is 422 g/mol. The van der Waals surface area contributed by atoms with E-state index in [1.807, 2.05) is 6.92 Å². The first-order valence-electron chi connectivity index (χ1n) is 12.3. The fourth-order valence-electron chi connectivity index (χ4n) is 5.00. The van der Waals surface area contributed by atoms with Gasteiger partial charge in [0.15, 0.2) is 6.79 Å². The first-order valence-corrected chi connectivity index (χ1v) is 12.3. The molecule has 0 spiro atoms. The average molecular weight is 456 g/mol. The molecule has 4 aromatic carbocycles. The van der Waals surface area contributed by atoms with Crippen molar-refractivity contribution in [1.82, 2.24) is 4.90 Å². The SMILES string of the molecule is CCOCOc1ccc2ccccc2c1Cc1c(OCC2CCN(C)C2)ccc2ccccc12. The Labute approximate surface area is 202 Å². The highest BCUT2D eigenvalue weighted by Gasteiger charge is 2.21. The third kappa shape index (κ3) is 4.89. The molecule has 0 aromatic heterocycles. The zero-order valence-corrected chi connectivity index (χ0v) is 20.1. The molecule has 0 aliphatic carbocycles. The number of nitrogens with zero attached hydrogens (tertiary/aromatic N) is 1. The van der Waals surface area contributed by atoms with E-state index in [1.165, 1.54) is 39.1 Å². The minimum absolute atomic E-state index is 0.246. The molecule has 1 aliphatic heterocycles. The van der Waals surface area contributed by atoms with E-state index in [0.717, 1.165) is 37.6 Å². The van der Waals surface area contributed by atoms with Crippen molar-refractivity contribution in [2.45, 2.75) is 19.8 Å². The Morgan fingerprint density at radius 2 is 1.41 bits per heavy atom. The number of hydrogen-bond donors (Lipinski definition) is 0. The van der Waals surface area contributed by atoms with Gasteiger partial charge in [-0.3, -0.25) is 0 Å². The predicted octanol–water partition coefficient (Wildman–Crippen LogP) is 6.29. The topological polar surface area (TPSA) is 30.9 Å². The summed E-state index contributed by atoms with van der Waals surface area (Å²) < 4.78 is 18.1. The minimum atomic E-state index is 0.246. The van der Waals surface area contributed by atoms with Gasteiger partial charge in [0.1, 0.15) is 11.5 Å². The molecule has 4 aromatic rings. The molecule has 5 rings (SSSR count). The van der Waals surface area contributed by atoms with E-state index in [9.17, 15) is 0 Å². The molecule has 0 bridgehead atoms. The molecule has 0 amide bonds. The Hall–Kier alpha value is -3.08. The second kappa shape index (κ2) is 10.5. The summed E-state index contributed by atoms with van der Waals surface area (Å²) in [5, 5.41) is 4.86. The standard InChI is InChI=1S/C30H33NO3/c1-3-32-21-34-30-15-13-24-9-5-7-11-26(24)28(30)18-27-25-10-6-4-8-23(25)12-14-29(27)33-20-22-16-17-31(2)19-22/h4-15,22H,3,16-21H2,1-2H3. The lowest BCUT2D eigenvalue weighted by atomic mass is 9.93. The Kier molecular flexibility index (Phi) is 6.98. The quantitative estimate of drug-likeness (QED) is 0.219. The second-order valence-corrected chi connectivity index (χ2v) is 9.19. The molecule has 34 heavy (non-hydrogen) atoms. The van der Waals surface area contributed by atoms with Crippen LogP contribution in [-0.4, -0.2) is 45.0 Å². The maximum absolute atomic E-state index is 6.51. The lowest BCUT2D eigenvalue weighted by Crippen LogP contribution is -2.18. The second-order valence-electron chi connectivity index (χ2n) is 9.19. The number of likely N-dealkylation sites (tertiary alicyclic amines) is 1.